The van der Waals surface area contributed by atoms with Gasteiger partial charge in [-0.3, -0.25) is 0 Å². The second-order valence-electron chi connectivity index (χ2n) is 10.6. The molecule has 0 nitrogen and oxygen atoms in total. The summed E-state index contributed by atoms with van der Waals surface area (Å²) in [5.74, 6) is 2.09. The van der Waals surface area contributed by atoms with Crippen LogP contribution in [0.15, 0.2) is 49.1 Å². The van der Waals surface area contributed by atoms with Crippen molar-refractivity contribution in [1.29, 1.82) is 0 Å². The number of hydrogen-bond acceptors (Lipinski definition) is 0. The number of halogens is 2. The van der Waals surface area contributed by atoms with Gasteiger partial charge in [0.15, 0.2) is 11.6 Å². The molecule has 0 atom stereocenters. The molecule has 0 N–H and O–H groups in total. The van der Waals surface area contributed by atoms with Crippen LogP contribution >= 0.6 is 0 Å². The molecule has 2 aliphatic carbocycles. The fourth-order valence-electron chi connectivity index (χ4n) is 6.30. The standard InChI is InChI=1S/C31H40F2/c1-3-5-28-20-21-29(31(33)30(28)32)27-18-12-24(13-19-27)7-6-23-10-16-26(17-11-23)25-14-8-22(4-2)9-15-25/h4,12-13,18-23,25-26H,2-3,5-11,14-17H2,1H3. The molecule has 2 heteroatoms. The highest BCUT2D eigenvalue weighted by Gasteiger charge is 2.30. The maximum absolute atomic E-state index is 14.6. The zero-order valence-corrected chi connectivity index (χ0v) is 20.3. The number of allylic oxidation sites excluding steroid dienone is 1. The third kappa shape index (κ3) is 5.94. The monoisotopic (exact) mass is 450 g/mol. The van der Waals surface area contributed by atoms with Gasteiger partial charge in [-0.05, 0) is 98.1 Å². The highest BCUT2D eigenvalue weighted by Crippen LogP contribution is 2.42. The van der Waals surface area contributed by atoms with Gasteiger partial charge in [0.1, 0.15) is 0 Å². The Balaban J connectivity index is 1.26. The van der Waals surface area contributed by atoms with Crippen molar-refractivity contribution >= 4 is 0 Å². The lowest BCUT2D eigenvalue weighted by Gasteiger charge is -2.37. The van der Waals surface area contributed by atoms with E-state index in [9.17, 15) is 8.78 Å². The van der Waals surface area contributed by atoms with Gasteiger partial charge in [0.25, 0.3) is 0 Å². The molecule has 2 aromatic rings. The Labute approximate surface area is 199 Å². The first-order chi connectivity index (χ1) is 16.1. The van der Waals surface area contributed by atoms with E-state index in [1.807, 2.05) is 19.1 Å². The number of rotatable bonds is 8. The van der Waals surface area contributed by atoms with E-state index in [0.29, 0.717) is 17.5 Å². The summed E-state index contributed by atoms with van der Waals surface area (Å²) in [7, 11) is 0. The Kier molecular flexibility index (Phi) is 8.39. The topological polar surface area (TPSA) is 0 Å². The Morgan fingerprint density at radius 2 is 1.42 bits per heavy atom. The first-order valence-corrected chi connectivity index (χ1v) is 13.3. The summed E-state index contributed by atoms with van der Waals surface area (Å²) in [6.45, 7) is 5.96. The third-order valence-electron chi connectivity index (χ3n) is 8.50. The van der Waals surface area contributed by atoms with Crippen LogP contribution in [0.2, 0.25) is 0 Å². The van der Waals surface area contributed by atoms with Crippen molar-refractivity contribution < 1.29 is 8.78 Å². The van der Waals surface area contributed by atoms with Gasteiger partial charge < -0.3 is 0 Å². The quantitative estimate of drug-likeness (QED) is 0.351. The van der Waals surface area contributed by atoms with Crippen LogP contribution in [0, 0.1) is 35.3 Å². The number of aryl methyl sites for hydroxylation is 2. The molecule has 0 aromatic heterocycles. The van der Waals surface area contributed by atoms with Crippen LogP contribution in [0.4, 0.5) is 8.78 Å². The fraction of sp³-hybridized carbons (Fsp3) is 0.548. The molecule has 178 valence electrons. The molecule has 0 saturated heterocycles. The Bertz CT molecular complexity index is 897. The largest absolute Gasteiger partial charge is 0.203 e. The maximum atomic E-state index is 14.6. The molecular formula is C31H40F2. The molecule has 2 aliphatic rings. The van der Waals surface area contributed by atoms with Gasteiger partial charge in [-0.15, -0.1) is 6.58 Å². The average molecular weight is 451 g/mol. The minimum Gasteiger partial charge on any atom is -0.203 e. The van der Waals surface area contributed by atoms with Crippen molar-refractivity contribution in [2.45, 2.75) is 84.0 Å². The minimum atomic E-state index is -0.719. The van der Waals surface area contributed by atoms with E-state index < -0.39 is 11.6 Å². The first kappa shape index (κ1) is 24.2. The first-order valence-electron chi connectivity index (χ1n) is 13.3. The van der Waals surface area contributed by atoms with E-state index in [1.165, 1.54) is 63.4 Å². The van der Waals surface area contributed by atoms with Gasteiger partial charge in [0, 0.05) is 5.56 Å². The van der Waals surface area contributed by atoms with Crippen LogP contribution in [0.1, 0.15) is 82.3 Å². The summed E-state index contributed by atoms with van der Waals surface area (Å²) in [6.07, 6.45) is 16.9. The van der Waals surface area contributed by atoms with Crippen molar-refractivity contribution in [3.05, 3.63) is 71.8 Å². The Morgan fingerprint density at radius 1 is 0.788 bits per heavy atom. The predicted molar refractivity (Wildman–Crippen MR) is 135 cm³/mol. The number of benzene rings is 2. The maximum Gasteiger partial charge on any atom is 0.166 e. The summed E-state index contributed by atoms with van der Waals surface area (Å²) in [5, 5.41) is 0. The molecule has 0 amide bonds. The van der Waals surface area contributed by atoms with Gasteiger partial charge in [0.05, 0.1) is 0 Å². The molecule has 2 fully saturated rings. The van der Waals surface area contributed by atoms with E-state index in [4.69, 9.17) is 0 Å². The average Bonchev–Trinajstić information content (AvgIpc) is 2.87. The summed E-state index contributed by atoms with van der Waals surface area (Å²) in [5.41, 5.74) is 2.88. The van der Waals surface area contributed by atoms with Crippen LogP contribution in [0.25, 0.3) is 11.1 Å². The van der Waals surface area contributed by atoms with Crippen molar-refractivity contribution in [2.75, 3.05) is 0 Å². The highest BCUT2D eigenvalue weighted by molar-refractivity contribution is 5.65. The molecule has 0 bridgehead atoms. The minimum absolute atomic E-state index is 0.361. The summed E-state index contributed by atoms with van der Waals surface area (Å²) < 4.78 is 28.9. The van der Waals surface area contributed by atoms with Gasteiger partial charge in [-0.1, -0.05) is 68.7 Å². The third-order valence-corrected chi connectivity index (χ3v) is 8.50. The van der Waals surface area contributed by atoms with Crippen LogP contribution in [-0.4, -0.2) is 0 Å². The van der Waals surface area contributed by atoms with E-state index in [1.54, 1.807) is 12.1 Å². The lowest BCUT2D eigenvalue weighted by atomic mass is 9.68. The summed E-state index contributed by atoms with van der Waals surface area (Å²) in [6, 6.07) is 11.5. The molecular weight excluding hydrogens is 410 g/mol. The second-order valence-corrected chi connectivity index (χ2v) is 10.6. The molecule has 4 rings (SSSR count). The molecule has 2 saturated carbocycles. The van der Waals surface area contributed by atoms with Crippen molar-refractivity contribution in [3.8, 4) is 11.1 Å². The molecule has 0 heterocycles. The summed E-state index contributed by atoms with van der Waals surface area (Å²) >= 11 is 0. The smallest absolute Gasteiger partial charge is 0.166 e. The van der Waals surface area contributed by atoms with Crippen LogP contribution < -0.4 is 0 Å². The van der Waals surface area contributed by atoms with Crippen LogP contribution in [0.5, 0.6) is 0 Å². The molecule has 0 spiro atoms. The SMILES string of the molecule is C=CC1CCC(C2CCC(CCc3ccc(-c4ccc(CCC)c(F)c4F)cc3)CC2)CC1. The Morgan fingerprint density at radius 3 is 2.03 bits per heavy atom. The molecule has 0 aliphatic heterocycles. The van der Waals surface area contributed by atoms with Gasteiger partial charge >= 0.3 is 0 Å². The molecule has 0 radical (unpaired) electrons. The molecule has 33 heavy (non-hydrogen) atoms. The zero-order valence-electron chi connectivity index (χ0n) is 20.3. The van der Waals surface area contributed by atoms with Crippen molar-refractivity contribution in [1.82, 2.24) is 0 Å². The van der Waals surface area contributed by atoms with Crippen molar-refractivity contribution in [3.63, 3.8) is 0 Å². The number of hydrogen-bond donors (Lipinski definition) is 0. The molecule has 0 unspecified atom stereocenters. The predicted octanol–water partition coefficient (Wildman–Crippen LogP) is 9.32. The Hall–Kier alpha value is -1.96. The normalized spacial score (nSPS) is 25.7. The zero-order chi connectivity index (χ0) is 23.2. The van der Waals surface area contributed by atoms with Crippen LogP contribution in [-0.2, 0) is 12.8 Å². The highest BCUT2D eigenvalue weighted by atomic mass is 19.2. The van der Waals surface area contributed by atoms with Gasteiger partial charge in [-0.25, -0.2) is 8.78 Å². The van der Waals surface area contributed by atoms with Gasteiger partial charge in [-0.2, -0.15) is 0 Å². The second kappa shape index (κ2) is 11.4. The van der Waals surface area contributed by atoms with E-state index in [2.05, 4.69) is 24.8 Å². The van der Waals surface area contributed by atoms with E-state index in [0.717, 1.165) is 42.1 Å². The van der Waals surface area contributed by atoms with E-state index >= 15 is 0 Å². The lowest BCUT2D eigenvalue weighted by molar-refractivity contribution is 0.153. The lowest BCUT2D eigenvalue weighted by Crippen LogP contribution is -2.25. The fourth-order valence-corrected chi connectivity index (χ4v) is 6.30. The van der Waals surface area contributed by atoms with E-state index in [-0.39, 0.29) is 0 Å². The van der Waals surface area contributed by atoms with Crippen LogP contribution in [0.3, 0.4) is 0 Å². The van der Waals surface area contributed by atoms with Gasteiger partial charge in [0.2, 0.25) is 0 Å². The summed E-state index contributed by atoms with van der Waals surface area (Å²) in [4.78, 5) is 0. The van der Waals surface area contributed by atoms with Crippen molar-refractivity contribution in [2.24, 2.45) is 23.7 Å². The molecule has 2 aromatic carbocycles.